The molecule has 1 aromatic rings. The predicted molar refractivity (Wildman–Crippen MR) is 77.7 cm³/mol. The molecule has 1 N–H and O–H groups in total. The molecule has 0 aliphatic carbocycles. The second-order valence-corrected chi connectivity index (χ2v) is 4.61. The number of rotatable bonds is 7. The molecule has 0 spiro atoms. The van der Waals surface area contributed by atoms with Crippen LogP contribution in [-0.2, 0) is 9.53 Å². The molecule has 1 aromatic carbocycles. The molecule has 1 rings (SSSR count). The lowest BCUT2D eigenvalue weighted by Gasteiger charge is -2.11. The molecular formula is C15H21NO5. The van der Waals surface area contributed by atoms with Gasteiger partial charge < -0.3 is 19.5 Å². The highest BCUT2D eigenvalue weighted by Crippen LogP contribution is 2.23. The number of carbonyl (C=O) groups excluding carboxylic acids is 2. The van der Waals surface area contributed by atoms with Crippen molar-refractivity contribution in [3.05, 3.63) is 23.8 Å². The van der Waals surface area contributed by atoms with Crippen molar-refractivity contribution in [1.29, 1.82) is 0 Å². The summed E-state index contributed by atoms with van der Waals surface area (Å²) in [5.41, 5.74) is 0.356. The molecular weight excluding hydrogens is 274 g/mol. The molecule has 0 atom stereocenters. The molecule has 6 heteroatoms. The Morgan fingerprint density at radius 2 is 1.90 bits per heavy atom. The second-order valence-electron chi connectivity index (χ2n) is 4.61. The third-order valence-electron chi connectivity index (χ3n) is 2.63. The highest BCUT2D eigenvalue weighted by Gasteiger charge is 2.14. The molecule has 0 saturated heterocycles. The van der Waals surface area contributed by atoms with E-state index < -0.39 is 0 Å². The second kappa shape index (κ2) is 8.14. The zero-order chi connectivity index (χ0) is 15.8. The van der Waals surface area contributed by atoms with Crippen LogP contribution in [0, 0.1) is 0 Å². The maximum atomic E-state index is 12.1. The lowest BCUT2D eigenvalue weighted by molar-refractivity contribution is -0.147. The standard InChI is InChI=1S/C15H21NO5/c1-10(2)21-14(17)7-8-16-15(18)12-9-11(19-3)5-6-13(12)20-4/h5-6,9-10H,7-8H2,1-4H3,(H,16,18). The Morgan fingerprint density at radius 3 is 2.48 bits per heavy atom. The number of benzene rings is 1. The molecule has 0 bridgehead atoms. The number of carbonyl (C=O) groups is 2. The SMILES string of the molecule is COc1ccc(OC)c(C(=O)NCCC(=O)OC(C)C)c1. The van der Waals surface area contributed by atoms with Crippen molar-refractivity contribution in [3.8, 4) is 11.5 Å². The van der Waals surface area contributed by atoms with Crippen LogP contribution in [-0.4, -0.2) is 38.7 Å². The maximum Gasteiger partial charge on any atom is 0.307 e. The molecule has 0 heterocycles. The Labute approximate surface area is 124 Å². The van der Waals surface area contributed by atoms with E-state index in [2.05, 4.69) is 5.32 Å². The molecule has 0 aliphatic heterocycles. The summed E-state index contributed by atoms with van der Waals surface area (Å²) >= 11 is 0. The normalized spacial score (nSPS) is 10.1. The lowest BCUT2D eigenvalue weighted by atomic mass is 10.1. The van der Waals surface area contributed by atoms with Gasteiger partial charge in [0.05, 0.1) is 32.3 Å². The molecule has 0 fully saturated rings. The molecule has 6 nitrogen and oxygen atoms in total. The first kappa shape index (κ1) is 16.8. The first-order chi connectivity index (χ1) is 9.97. The zero-order valence-corrected chi connectivity index (χ0v) is 12.8. The monoisotopic (exact) mass is 295 g/mol. The van der Waals surface area contributed by atoms with Crippen molar-refractivity contribution in [2.45, 2.75) is 26.4 Å². The van der Waals surface area contributed by atoms with Gasteiger partial charge in [-0.15, -0.1) is 0 Å². The number of amides is 1. The van der Waals surface area contributed by atoms with Crippen molar-refractivity contribution >= 4 is 11.9 Å². The van der Waals surface area contributed by atoms with Crippen LogP contribution in [0.5, 0.6) is 11.5 Å². The van der Waals surface area contributed by atoms with Gasteiger partial charge in [-0.3, -0.25) is 9.59 Å². The van der Waals surface area contributed by atoms with Crippen LogP contribution >= 0.6 is 0 Å². The molecule has 0 unspecified atom stereocenters. The summed E-state index contributed by atoms with van der Waals surface area (Å²) in [4.78, 5) is 23.5. The first-order valence-electron chi connectivity index (χ1n) is 6.67. The van der Waals surface area contributed by atoms with Gasteiger partial charge in [0, 0.05) is 6.54 Å². The third kappa shape index (κ3) is 5.33. The van der Waals surface area contributed by atoms with Crippen molar-refractivity contribution < 1.29 is 23.8 Å². The van der Waals surface area contributed by atoms with Crippen molar-refractivity contribution in [2.24, 2.45) is 0 Å². The number of hydrogen-bond donors (Lipinski definition) is 1. The van der Waals surface area contributed by atoms with E-state index in [1.165, 1.54) is 14.2 Å². The van der Waals surface area contributed by atoms with Crippen molar-refractivity contribution in [1.82, 2.24) is 5.32 Å². The van der Waals surface area contributed by atoms with E-state index in [9.17, 15) is 9.59 Å². The summed E-state index contributed by atoms with van der Waals surface area (Å²) < 4.78 is 15.2. The van der Waals surface area contributed by atoms with Crippen molar-refractivity contribution in [2.75, 3.05) is 20.8 Å². The fourth-order valence-corrected chi connectivity index (χ4v) is 1.69. The van der Waals surface area contributed by atoms with Gasteiger partial charge in [-0.2, -0.15) is 0 Å². The minimum Gasteiger partial charge on any atom is -0.497 e. The summed E-state index contributed by atoms with van der Waals surface area (Å²) in [7, 11) is 3.00. The van der Waals surface area contributed by atoms with Crippen LogP contribution in [0.3, 0.4) is 0 Å². The first-order valence-corrected chi connectivity index (χ1v) is 6.67. The summed E-state index contributed by atoms with van der Waals surface area (Å²) in [6.45, 7) is 3.75. The Kier molecular flexibility index (Phi) is 6.52. The van der Waals surface area contributed by atoms with E-state index >= 15 is 0 Å². The van der Waals surface area contributed by atoms with Crippen LogP contribution in [0.15, 0.2) is 18.2 Å². The fraction of sp³-hybridized carbons (Fsp3) is 0.467. The van der Waals surface area contributed by atoms with E-state index in [0.717, 1.165) is 0 Å². The van der Waals surface area contributed by atoms with Gasteiger partial charge in [0.15, 0.2) is 0 Å². The molecule has 21 heavy (non-hydrogen) atoms. The maximum absolute atomic E-state index is 12.1. The lowest BCUT2D eigenvalue weighted by Crippen LogP contribution is -2.27. The van der Waals surface area contributed by atoms with Gasteiger partial charge in [0.1, 0.15) is 11.5 Å². The highest BCUT2D eigenvalue weighted by molar-refractivity contribution is 5.97. The van der Waals surface area contributed by atoms with Crippen LogP contribution in [0.1, 0.15) is 30.6 Å². The van der Waals surface area contributed by atoms with Gasteiger partial charge in [-0.05, 0) is 32.0 Å². The van der Waals surface area contributed by atoms with Crippen LogP contribution < -0.4 is 14.8 Å². The average Bonchev–Trinajstić information content (AvgIpc) is 2.45. The molecule has 0 radical (unpaired) electrons. The molecule has 116 valence electrons. The van der Waals surface area contributed by atoms with Crippen LogP contribution in [0.2, 0.25) is 0 Å². The van der Waals surface area contributed by atoms with E-state index in [1.54, 1.807) is 32.0 Å². The Hall–Kier alpha value is -2.24. The predicted octanol–water partition coefficient (Wildman–Crippen LogP) is 1.78. The van der Waals surface area contributed by atoms with E-state index in [1.807, 2.05) is 0 Å². The molecule has 1 amide bonds. The quantitative estimate of drug-likeness (QED) is 0.776. The smallest absolute Gasteiger partial charge is 0.307 e. The van der Waals surface area contributed by atoms with E-state index in [0.29, 0.717) is 17.1 Å². The summed E-state index contributed by atoms with van der Waals surface area (Å²) in [6, 6.07) is 4.94. The largest absolute Gasteiger partial charge is 0.497 e. The third-order valence-corrected chi connectivity index (χ3v) is 2.63. The molecule has 0 aromatic heterocycles. The van der Waals surface area contributed by atoms with Crippen LogP contribution in [0.25, 0.3) is 0 Å². The molecule has 0 saturated carbocycles. The van der Waals surface area contributed by atoms with E-state index in [-0.39, 0.29) is 30.9 Å². The van der Waals surface area contributed by atoms with Crippen molar-refractivity contribution in [3.63, 3.8) is 0 Å². The van der Waals surface area contributed by atoms with Crippen LogP contribution in [0.4, 0.5) is 0 Å². The van der Waals surface area contributed by atoms with Gasteiger partial charge in [0.2, 0.25) is 0 Å². The average molecular weight is 295 g/mol. The zero-order valence-electron chi connectivity index (χ0n) is 12.8. The minimum absolute atomic E-state index is 0.121. The number of hydrogen-bond acceptors (Lipinski definition) is 5. The number of esters is 1. The highest BCUT2D eigenvalue weighted by atomic mass is 16.5. The van der Waals surface area contributed by atoms with Gasteiger partial charge in [-0.25, -0.2) is 0 Å². The topological polar surface area (TPSA) is 73.9 Å². The minimum atomic E-state index is -0.345. The Balaban J connectivity index is 2.61. The summed E-state index contributed by atoms with van der Waals surface area (Å²) in [5, 5.41) is 2.65. The Bertz CT molecular complexity index is 499. The summed E-state index contributed by atoms with van der Waals surface area (Å²) in [5.74, 6) is 0.323. The van der Waals surface area contributed by atoms with Gasteiger partial charge in [-0.1, -0.05) is 0 Å². The number of methoxy groups -OCH3 is 2. The number of nitrogens with one attached hydrogen (secondary N) is 1. The van der Waals surface area contributed by atoms with Gasteiger partial charge >= 0.3 is 5.97 Å². The Morgan fingerprint density at radius 1 is 1.19 bits per heavy atom. The number of ether oxygens (including phenoxy) is 3. The van der Waals surface area contributed by atoms with Gasteiger partial charge in [0.25, 0.3) is 5.91 Å². The van der Waals surface area contributed by atoms with E-state index in [4.69, 9.17) is 14.2 Å². The fourth-order valence-electron chi connectivity index (χ4n) is 1.69. The molecule has 0 aliphatic rings. The summed E-state index contributed by atoms with van der Waals surface area (Å²) in [6.07, 6.45) is -0.0392.